The van der Waals surface area contributed by atoms with Gasteiger partial charge in [0.15, 0.2) is 0 Å². The van der Waals surface area contributed by atoms with Gasteiger partial charge in [0.25, 0.3) is 0 Å². The molecular formula is C14H17BrFNO2. The maximum absolute atomic E-state index is 12.8. The summed E-state index contributed by atoms with van der Waals surface area (Å²) in [7, 11) is 0. The van der Waals surface area contributed by atoms with E-state index in [2.05, 4.69) is 21.2 Å². The third-order valence-corrected chi connectivity index (χ3v) is 4.46. The first-order valence-electron chi connectivity index (χ1n) is 6.33. The number of ether oxygens (including phenoxy) is 1. The highest BCUT2D eigenvalue weighted by Gasteiger charge is 2.32. The van der Waals surface area contributed by atoms with Gasteiger partial charge in [-0.25, -0.2) is 4.39 Å². The molecule has 0 unspecified atom stereocenters. The zero-order valence-corrected chi connectivity index (χ0v) is 12.2. The van der Waals surface area contributed by atoms with Crippen LogP contribution in [-0.4, -0.2) is 30.0 Å². The number of benzene rings is 1. The molecule has 0 aromatic heterocycles. The fourth-order valence-electron chi connectivity index (χ4n) is 2.18. The number of nitrogens with one attached hydrogen (secondary N) is 1. The maximum atomic E-state index is 12.8. The summed E-state index contributed by atoms with van der Waals surface area (Å²) in [5.74, 6) is -0.321. The van der Waals surface area contributed by atoms with Crippen LogP contribution >= 0.6 is 15.9 Å². The molecule has 0 spiro atoms. The molecule has 1 amide bonds. The Morgan fingerprint density at radius 2 is 1.95 bits per heavy atom. The molecule has 1 aliphatic rings. The van der Waals surface area contributed by atoms with Crippen LogP contribution in [0.4, 0.5) is 4.39 Å². The molecule has 2 rings (SSSR count). The van der Waals surface area contributed by atoms with Crippen molar-refractivity contribution in [1.82, 2.24) is 5.32 Å². The molecule has 1 aromatic rings. The van der Waals surface area contributed by atoms with Crippen LogP contribution in [0.2, 0.25) is 0 Å². The molecule has 104 valence electrons. The molecule has 1 saturated heterocycles. The van der Waals surface area contributed by atoms with Crippen LogP contribution < -0.4 is 5.32 Å². The average Bonchev–Trinajstić information content (AvgIpc) is 2.42. The second-order valence-corrected chi connectivity index (χ2v) is 5.44. The zero-order chi connectivity index (χ0) is 13.7. The van der Waals surface area contributed by atoms with Gasteiger partial charge < -0.3 is 10.1 Å². The van der Waals surface area contributed by atoms with E-state index in [9.17, 15) is 9.18 Å². The number of amides is 1. The van der Waals surface area contributed by atoms with E-state index >= 15 is 0 Å². The maximum Gasteiger partial charge on any atom is 0.224 e. The molecule has 0 radical (unpaired) electrons. The van der Waals surface area contributed by atoms with Crippen molar-refractivity contribution in [2.45, 2.75) is 24.8 Å². The summed E-state index contributed by atoms with van der Waals surface area (Å²) >= 11 is 3.47. The molecule has 3 nitrogen and oxygen atoms in total. The molecule has 0 atom stereocenters. The van der Waals surface area contributed by atoms with E-state index in [0.717, 1.165) is 23.7 Å². The van der Waals surface area contributed by atoms with Crippen LogP contribution in [-0.2, 0) is 16.0 Å². The average molecular weight is 330 g/mol. The minimum Gasteiger partial charge on any atom is -0.381 e. The Bertz CT molecular complexity index is 430. The van der Waals surface area contributed by atoms with Crippen LogP contribution in [0.1, 0.15) is 18.4 Å². The second-order valence-electron chi connectivity index (χ2n) is 4.88. The van der Waals surface area contributed by atoms with Gasteiger partial charge in [0.1, 0.15) is 5.82 Å². The van der Waals surface area contributed by atoms with E-state index in [1.807, 2.05) is 0 Å². The highest BCUT2D eigenvalue weighted by atomic mass is 79.9. The standard InChI is InChI=1S/C14H17BrFNO2/c15-10-14(5-7-19-8-6-14)17-13(18)9-11-1-3-12(16)4-2-11/h1-4H,5-10H2,(H,17,18). The third-order valence-electron chi connectivity index (χ3n) is 3.39. The van der Waals surface area contributed by atoms with Crippen LogP contribution in [0.25, 0.3) is 0 Å². The first-order chi connectivity index (χ1) is 9.13. The minimum absolute atomic E-state index is 0.0343. The van der Waals surface area contributed by atoms with Gasteiger partial charge >= 0.3 is 0 Å². The van der Waals surface area contributed by atoms with Gasteiger partial charge in [-0.15, -0.1) is 0 Å². The van der Waals surface area contributed by atoms with Gasteiger partial charge in [-0.1, -0.05) is 28.1 Å². The van der Waals surface area contributed by atoms with Crippen molar-refractivity contribution in [2.24, 2.45) is 0 Å². The largest absolute Gasteiger partial charge is 0.381 e. The monoisotopic (exact) mass is 329 g/mol. The fourth-order valence-corrected chi connectivity index (χ4v) is 2.88. The van der Waals surface area contributed by atoms with Crippen molar-refractivity contribution in [3.05, 3.63) is 35.6 Å². The van der Waals surface area contributed by atoms with E-state index < -0.39 is 0 Å². The Kier molecular flexibility index (Phi) is 4.93. The molecule has 1 aromatic carbocycles. The van der Waals surface area contributed by atoms with Gasteiger partial charge in [-0.05, 0) is 30.5 Å². The van der Waals surface area contributed by atoms with E-state index in [0.29, 0.717) is 13.2 Å². The van der Waals surface area contributed by atoms with E-state index in [1.54, 1.807) is 12.1 Å². The van der Waals surface area contributed by atoms with Crippen molar-refractivity contribution in [3.8, 4) is 0 Å². The van der Waals surface area contributed by atoms with Crippen molar-refractivity contribution in [3.63, 3.8) is 0 Å². The Balaban J connectivity index is 1.94. The molecular weight excluding hydrogens is 313 g/mol. The Hall–Kier alpha value is -0.940. The van der Waals surface area contributed by atoms with E-state index in [1.165, 1.54) is 12.1 Å². The van der Waals surface area contributed by atoms with Crippen molar-refractivity contribution >= 4 is 21.8 Å². The number of rotatable bonds is 4. The van der Waals surface area contributed by atoms with Crippen LogP contribution in [0.15, 0.2) is 24.3 Å². The number of hydrogen-bond donors (Lipinski definition) is 1. The molecule has 1 fully saturated rings. The predicted octanol–water partition coefficient (Wildman–Crippen LogP) is 2.43. The minimum atomic E-state index is -0.287. The van der Waals surface area contributed by atoms with Crippen LogP contribution in [0, 0.1) is 5.82 Å². The van der Waals surface area contributed by atoms with Gasteiger partial charge in [0.05, 0.1) is 12.0 Å². The van der Waals surface area contributed by atoms with E-state index in [4.69, 9.17) is 4.74 Å². The molecule has 0 saturated carbocycles. The normalized spacial score (nSPS) is 18.0. The Morgan fingerprint density at radius 1 is 1.32 bits per heavy atom. The summed E-state index contributed by atoms with van der Waals surface area (Å²) in [6.45, 7) is 1.34. The van der Waals surface area contributed by atoms with Crippen LogP contribution in [0.3, 0.4) is 0 Å². The lowest BCUT2D eigenvalue weighted by Gasteiger charge is -2.36. The SMILES string of the molecule is O=C(Cc1ccc(F)cc1)NC1(CBr)CCOCC1. The molecule has 19 heavy (non-hydrogen) atoms. The first-order valence-corrected chi connectivity index (χ1v) is 7.45. The lowest BCUT2D eigenvalue weighted by atomic mass is 9.92. The topological polar surface area (TPSA) is 38.3 Å². The zero-order valence-electron chi connectivity index (χ0n) is 10.6. The van der Waals surface area contributed by atoms with Crippen molar-refractivity contribution < 1.29 is 13.9 Å². The van der Waals surface area contributed by atoms with E-state index in [-0.39, 0.29) is 23.7 Å². The summed E-state index contributed by atoms with van der Waals surface area (Å²) in [4.78, 5) is 12.1. The Labute approximate surface area is 120 Å². The first kappa shape index (κ1) is 14.5. The summed E-state index contributed by atoms with van der Waals surface area (Å²) < 4.78 is 18.1. The Morgan fingerprint density at radius 3 is 2.53 bits per heavy atom. The molecule has 1 heterocycles. The smallest absolute Gasteiger partial charge is 0.224 e. The number of carbonyl (C=O) groups is 1. The highest BCUT2D eigenvalue weighted by molar-refractivity contribution is 9.09. The summed E-state index contributed by atoms with van der Waals surface area (Å²) in [6.07, 6.45) is 1.90. The third kappa shape index (κ3) is 4.01. The number of alkyl halides is 1. The van der Waals surface area contributed by atoms with Gasteiger partial charge in [-0.3, -0.25) is 4.79 Å². The lowest BCUT2D eigenvalue weighted by Crippen LogP contribution is -2.53. The van der Waals surface area contributed by atoms with Gasteiger partial charge in [-0.2, -0.15) is 0 Å². The van der Waals surface area contributed by atoms with Crippen LogP contribution in [0.5, 0.6) is 0 Å². The predicted molar refractivity (Wildman–Crippen MR) is 74.8 cm³/mol. The van der Waals surface area contributed by atoms with Crippen molar-refractivity contribution in [2.75, 3.05) is 18.5 Å². The summed E-state index contributed by atoms with van der Waals surface area (Å²) in [6, 6.07) is 6.02. The second kappa shape index (κ2) is 6.48. The number of hydrogen-bond acceptors (Lipinski definition) is 2. The summed E-state index contributed by atoms with van der Waals surface area (Å²) in [5, 5.41) is 3.81. The molecule has 1 aliphatic heterocycles. The number of halogens is 2. The summed E-state index contributed by atoms with van der Waals surface area (Å²) in [5.41, 5.74) is 0.603. The van der Waals surface area contributed by atoms with Gasteiger partial charge in [0, 0.05) is 18.5 Å². The molecule has 5 heteroatoms. The lowest BCUT2D eigenvalue weighted by molar-refractivity contribution is -0.123. The highest BCUT2D eigenvalue weighted by Crippen LogP contribution is 2.23. The van der Waals surface area contributed by atoms with Gasteiger partial charge in [0.2, 0.25) is 5.91 Å². The molecule has 1 N–H and O–H groups in total. The number of carbonyl (C=O) groups excluding carboxylic acids is 1. The molecule has 0 aliphatic carbocycles. The fraction of sp³-hybridized carbons (Fsp3) is 0.500. The quantitative estimate of drug-likeness (QED) is 0.861. The van der Waals surface area contributed by atoms with Crippen molar-refractivity contribution in [1.29, 1.82) is 0 Å². The molecule has 0 bridgehead atoms.